The van der Waals surface area contributed by atoms with Crippen LogP contribution in [0.2, 0.25) is 0 Å². The van der Waals surface area contributed by atoms with Crippen LogP contribution in [0.1, 0.15) is 26.3 Å². The Kier molecular flexibility index (Phi) is 7.80. The quantitative estimate of drug-likeness (QED) is 0.480. The molecule has 0 bridgehead atoms. The first-order valence-corrected chi connectivity index (χ1v) is 7.43. The Bertz CT molecular complexity index is 533. The molecule has 24 heavy (non-hydrogen) atoms. The van der Waals surface area contributed by atoms with Crippen LogP contribution < -0.4 is 10.8 Å². The van der Waals surface area contributed by atoms with Crippen LogP contribution in [0.15, 0.2) is 30.3 Å². The van der Waals surface area contributed by atoms with Gasteiger partial charge in [-0.3, -0.25) is 14.9 Å². The topological polar surface area (TPSA) is 106 Å². The summed E-state index contributed by atoms with van der Waals surface area (Å²) in [5.41, 5.74) is 3.18. The zero-order valence-corrected chi connectivity index (χ0v) is 14.2. The van der Waals surface area contributed by atoms with Gasteiger partial charge in [-0.1, -0.05) is 30.3 Å². The number of hydrogen-bond donors (Lipinski definition) is 3. The molecule has 0 heterocycles. The highest BCUT2D eigenvalue weighted by Gasteiger charge is 2.29. The number of imide groups is 1. The van der Waals surface area contributed by atoms with Crippen molar-refractivity contribution in [2.24, 2.45) is 0 Å². The maximum atomic E-state index is 12.1. The second kappa shape index (κ2) is 9.33. The van der Waals surface area contributed by atoms with E-state index in [-0.39, 0.29) is 6.61 Å². The predicted molar refractivity (Wildman–Crippen MR) is 85.5 cm³/mol. The molecular formula is C16H24N2O6. The highest BCUT2D eigenvalue weighted by Crippen LogP contribution is 2.08. The van der Waals surface area contributed by atoms with Crippen LogP contribution in [0.3, 0.4) is 0 Å². The molecule has 0 unspecified atom stereocenters. The monoisotopic (exact) mass is 340 g/mol. The molecule has 3 N–H and O–H groups in total. The molecule has 0 saturated heterocycles. The fourth-order valence-electron chi connectivity index (χ4n) is 1.56. The van der Waals surface area contributed by atoms with Gasteiger partial charge in [-0.15, -0.1) is 0 Å². The Morgan fingerprint density at radius 1 is 1.25 bits per heavy atom. The van der Waals surface area contributed by atoms with Crippen LogP contribution in [0.4, 0.5) is 4.79 Å². The minimum absolute atomic E-state index is 0.0277. The van der Waals surface area contributed by atoms with Crippen LogP contribution in [0, 0.1) is 0 Å². The van der Waals surface area contributed by atoms with Crippen LogP contribution in [-0.4, -0.2) is 42.1 Å². The largest absolute Gasteiger partial charge is 0.444 e. The molecule has 1 rings (SSSR count). The molecule has 0 aromatic heterocycles. The van der Waals surface area contributed by atoms with E-state index in [1.165, 1.54) is 14.0 Å². The van der Waals surface area contributed by atoms with Crippen molar-refractivity contribution in [2.75, 3.05) is 7.11 Å². The number of rotatable bonds is 8. The Morgan fingerprint density at radius 3 is 2.42 bits per heavy atom. The van der Waals surface area contributed by atoms with Crippen molar-refractivity contribution in [3.63, 3.8) is 0 Å². The van der Waals surface area contributed by atoms with Gasteiger partial charge in [0, 0.05) is 7.11 Å². The number of benzene rings is 1. The van der Waals surface area contributed by atoms with Crippen molar-refractivity contribution < 1.29 is 29.0 Å². The summed E-state index contributed by atoms with van der Waals surface area (Å²) in [6.45, 7) is 4.64. The molecule has 0 radical (unpaired) electrons. The van der Waals surface area contributed by atoms with Crippen LogP contribution in [0.5, 0.6) is 0 Å². The Balaban J connectivity index is 2.50. The van der Waals surface area contributed by atoms with E-state index in [0.717, 1.165) is 5.56 Å². The van der Waals surface area contributed by atoms with Crippen molar-refractivity contribution in [3.05, 3.63) is 35.9 Å². The van der Waals surface area contributed by atoms with E-state index in [4.69, 9.17) is 14.3 Å². The number of nitrogens with one attached hydrogen (secondary N) is 2. The summed E-state index contributed by atoms with van der Waals surface area (Å²) in [5.74, 6) is -1.80. The molecule has 1 aromatic carbocycles. The molecule has 0 aliphatic rings. The molecule has 2 atom stereocenters. The third-order valence-corrected chi connectivity index (χ3v) is 3.13. The molecule has 0 aliphatic heterocycles. The first kappa shape index (κ1) is 20.0. The second-order valence-corrected chi connectivity index (χ2v) is 5.59. The van der Waals surface area contributed by atoms with Crippen molar-refractivity contribution in [1.82, 2.24) is 10.8 Å². The lowest BCUT2D eigenvalue weighted by Crippen LogP contribution is -2.53. The van der Waals surface area contributed by atoms with E-state index in [0.29, 0.717) is 0 Å². The van der Waals surface area contributed by atoms with Gasteiger partial charge in [0.25, 0.3) is 5.91 Å². The van der Waals surface area contributed by atoms with Crippen molar-refractivity contribution in [1.29, 1.82) is 0 Å². The van der Waals surface area contributed by atoms with E-state index in [1.54, 1.807) is 26.0 Å². The van der Waals surface area contributed by atoms with Crippen molar-refractivity contribution in [2.45, 2.75) is 45.3 Å². The summed E-state index contributed by atoms with van der Waals surface area (Å²) in [5, 5.41) is 11.7. The van der Waals surface area contributed by atoms with Crippen LogP contribution in [-0.2, 0) is 25.7 Å². The molecule has 8 heteroatoms. The lowest BCUT2D eigenvalue weighted by atomic mass is 10.2. The number of alkyl carbamates (subject to hydrolysis) is 1. The average molecular weight is 340 g/mol. The van der Waals surface area contributed by atoms with Gasteiger partial charge in [-0.05, 0) is 26.3 Å². The minimum Gasteiger partial charge on any atom is -0.444 e. The summed E-state index contributed by atoms with van der Waals surface area (Å²) < 4.78 is 9.98. The third-order valence-electron chi connectivity index (χ3n) is 3.13. The predicted octanol–water partition coefficient (Wildman–Crippen LogP) is 1.09. The minimum atomic E-state index is -1.18. The fraction of sp³-hybridized carbons (Fsp3) is 0.500. The number of ether oxygens (including phenoxy) is 2. The molecule has 8 nitrogen and oxygen atoms in total. The smallest absolute Gasteiger partial charge is 0.414 e. The fourth-order valence-corrected chi connectivity index (χ4v) is 1.56. The molecule has 1 aromatic rings. The lowest BCUT2D eigenvalue weighted by Gasteiger charge is -2.27. The number of aliphatic hydroxyl groups excluding tert-OH is 1. The third kappa shape index (κ3) is 7.05. The highest BCUT2D eigenvalue weighted by atomic mass is 16.8. The summed E-state index contributed by atoms with van der Waals surface area (Å²) in [6, 6.07) is 7.86. The van der Waals surface area contributed by atoms with Gasteiger partial charge in [0.05, 0.1) is 6.10 Å². The summed E-state index contributed by atoms with van der Waals surface area (Å²) in [4.78, 5) is 28.9. The SMILES string of the molecule is COC(C)(C)ON[C@H](C(=O)NC(=O)OCc1ccccc1)[C@H](C)O. The maximum Gasteiger partial charge on any atom is 0.414 e. The number of hydroxylamine groups is 1. The first-order valence-electron chi connectivity index (χ1n) is 7.43. The Hall–Kier alpha value is -2.00. The number of hydrogen-bond acceptors (Lipinski definition) is 7. The van der Waals surface area contributed by atoms with Gasteiger partial charge in [-0.25, -0.2) is 4.79 Å². The maximum absolute atomic E-state index is 12.1. The van der Waals surface area contributed by atoms with Gasteiger partial charge in [-0.2, -0.15) is 5.48 Å². The summed E-state index contributed by atoms with van der Waals surface area (Å²) in [7, 11) is 1.43. The van der Waals surface area contributed by atoms with Gasteiger partial charge in [0.15, 0.2) is 5.79 Å². The van der Waals surface area contributed by atoms with Crippen molar-refractivity contribution >= 4 is 12.0 Å². The Morgan fingerprint density at radius 2 is 1.88 bits per heavy atom. The van der Waals surface area contributed by atoms with Gasteiger partial charge in [0.1, 0.15) is 12.6 Å². The van der Waals surface area contributed by atoms with E-state index in [2.05, 4.69) is 5.48 Å². The molecule has 0 spiro atoms. The molecule has 134 valence electrons. The van der Waals surface area contributed by atoms with Gasteiger partial charge >= 0.3 is 6.09 Å². The molecule has 2 amide bonds. The normalized spacial score (nSPS) is 13.9. The zero-order chi connectivity index (χ0) is 18.2. The van der Waals surface area contributed by atoms with E-state index in [1.807, 2.05) is 23.5 Å². The van der Waals surface area contributed by atoms with E-state index >= 15 is 0 Å². The van der Waals surface area contributed by atoms with Crippen molar-refractivity contribution in [3.8, 4) is 0 Å². The summed E-state index contributed by atoms with van der Waals surface area (Å²) >= 11 is 0. The second-order valence-electron chi connectivity index (χ2n) is 5.59. The summed E-state index contributed by atoms with van der Waals surface area (Å²) in [6.07, 6.45) is -2.03. The number of carbonyl (C=O) groups excluding carboxylic acids is 2. The molecular weight excluding hydrogens is 316 g/mol. The Labute approximate surface area is 141 Å². The standard InChI is InChI=1S/C16H24N2O6/c1-11(19)13(18-24-16(2,3)22-4)14(20)17-15(21)23-10-12-8-6-5-7-9-12/h5-9,11,13,18-19H,10H2,1-4H3,(H,17,20,21)/t11-,13-/m0/s1. The number of amides is 2. The lowest BCUT2D eigenvalue weighted by molar-refractivity contribution is -0.241. The number of methoxy groups -OCH3 is 1. The first-order chi connectivity index (χ1) is 11.2. The zero-order valence-electron chi connectivity index (χ0n) is 14.2. The van der Waals surface area contributed by atoms with E-state index < -0.39 is 29.9 Å². The van der Waals surface area contributed by atoms with Crippen LogP contribution >= 0.6 is 0 Å². The van der Waals surface area contributed by atoms with Gasteiger partial charge < -0.3 is 14.6 Å². The van der Waals surface area contributed by atoms with E-state index in [9.17, 15) is 14.7 Å². The van der Waals surface area contributed by atoms with Crippen LogP contribution in [0.25, 0.3) is 0 Å². The number of carbonyl (C=O) groups is 2. The van der Waals surface area contributed by atoms with Gasteiger partial charge in [0.2, 0.25) is 0 Å². The average Bonchev–Trinajstić information content (AvgIpc) is 2.53. The molecule has 0 aliphatic carbocycles. The highest BCUT2D eigenvalue weighted by molar-refractivity contribution is 5.95. The number of aliphatic hydroxyl groups is 1. The molecule has 0 fully saturated rings. The molecule has 0 saturated carbocycles.